The predicted octanol–water partition coefficient (Wildman–Crippen LogP) is 5.17. The van der Waals surface area contributed by atoms with Crippen molar-refractivity contribution in [2.24, 2.45) is 0 Å². The highest BCUT2D eigenvalue weighted by molar-refractivity contribution is 9.10. The fraction of sp³-hybridized carbons (Fsp3) is 0.174. The van der Waals surface area contributed by atoms with Crippen LogP contribution in [0.4, 0.5) is 0 Å². The highest BCUT2D eigenvalue weighted by atomic mass is 79.9. The maximum Gasteiger partial charge on any atom is 0.329 e. The van der Waals surface area contributed by atoms with E-state index in [4.69, 9.17) is 4.74 Å². The van der Waals surface area contributed by atoms with Gasteiger partial charge in [-0.05, 0) is 23.8 Å². The number of hydrogen-bond acceptors (Lipinski definition) is 3. The lowest BCUT2D eigenvalue weighted by molar-refractivity contribution is -0.144. The third-order valence-corrected chi connectivity index (χ3v) is 5.09. The van der Waals surface area contributed by atoms with Crippen molar-refractivity contribution in [1.82, 2.24) is 4.90 Å². The first kappa shape index (κ1) is 19.3. The molecule has 0 saturated carbocycles. The lowest BCUT2D eigenvalue weighted by Gasteiger charge is -2.36. The van der Waals surface area contributed by atoms with Crippen LogP contribution in [-0.2, 0) is 9.53 Å². The van der Waals surface area contributed by atoms with E-state index in [9.17, 15) is 4.79 Å². The minimum atomic E-state index is -0.436. The van der Waals surface area contributed by atoms with E-state index in [1.165, 1.54) is 0 Å². The molecular weight excluding hydrogens is 402 g/mol. The van der Waals surface area contributed by atoms with Gasteiger partial charge in [-0.25, -0.2) is 4.79 Å². The average Bonchev–Trinajstić information content (AvgIpc) is 2.68. The Bertz CT molecular complexity index is 832. The number of ether oxygens (including phenoxy) is 1. The van der Waals surface area contributed by atoms with Crippen LogP contribution in [0.2, 0.25) is 0 Å². The van der Waals surface area contributed by atoms with Crippen LogP contribution in [0.1, 0.15) is 17.0 Å². The summed E-state index contributed by atoms with van der Waals surface area (Å²) in [6.07, 6.45) is 5.64. The van der Waals surface area contributed by atoms with Gasteiger partial charge in [0.1, 0.15) is 11.8 Å². The van der Waals surface area contributed by atoms with Crippen molar-refractivity contribution >= 4 is 27.7 Å². The standard InChI is InChI=1S/C23H22BrNO2/c1-3-14-25(15-4-2)22-20(17-10-12-19(24)13-11-17)16-21(27-23(22)26)18-8-6-5-7-9-18/h3-13,16,20,22H,1-2,14-15H2/t20-,22-/m1/s1. The fourth-order valence-corrected chi connectivity index (χ4v) is 3.60. The monoisotopic (exact) mass is 423 g/mol. The van der Waals surface area contributed by atoms with Gasteiger partial charge < -0.3 is 4.74 Å². The zero-order valence-corrected chi connectivity index (χ0v) is 16.6. The zero-order chi connectivity index (χ0) is 19.2. The molecule has 0 radical (unpaired) electrons. The second-order valence-corrected chi connectivity index (χ2v) is 7.29. The molecule has 1 aliphatic rings. The van der Waals surface area contributed by atoms with Crippen LogP contribution in [0.3, 0.4) is 0 Å². The maximum atomic E-state index is 13.0. The Morgan fingerprint density at radius 2 is 1.63 bits per heavy atom. The van der Waals surface area contributed by atoms with Gasteiger partial charge in [-0.2, -0.15) is 0 Å². The number of cyclic esters (lactones) is 1. The smallest absolute Gasteiger partial charge is 0.329 e. The molecule has 3 rings (SSSR count). The number of benzene rings is 2. The topological polar surface area (TPSA) is 29.5 Å². The molecular formula is C23H22BrNO2. The van der Waals surface area contributed by atoms with Crippen molar-refractivity contribution < 1.29 is 9.53 Å². The van der Waals surface area contributed by atoms with Crippen LogP contribution < -0.4 is 0 Å². The molecule has 3 nitrogen and oxygen atoms in total. The van der Waals surface area contributed by atoms with Crippen LogP contribution in [0, 0.1) is 0 Å². The van der Waals surface area contributed by atoms with Gasteiger partial charge in [-0.1, -0.05) is 70.5 Å². The van der Waals surface area contributed by atoms with E-state index in [1.807, 2.05) is 65.6 Å². The van der Waals surface area contributed by atoms with Crippen molar-refractivity contribution in [2.45, 2.75) is 12.0 Å². The summed E-state index contributed by atoms with van der Waals surface area (Å²) in [6.45, 7) is 8.80. The first-order valence-corrected chi connectivity index (χ1v) is 9.63. The largest absolute Gasteiger partial charge is 0.425 e. The second kappa shape index (κ2) is 8.98. The third-order valence-electron chi connectivity index (χ3n) is 4.56. The summed E-state index contributed by atoms with van der Waals surface area (Å²) in [4.78, 5) is 15.1. The van der Waals surface area contributed by atoms with Crippen LogP contribution >= 0.6 is 15.9 Å². The van der Waals surface area contributed by atoms with Crippen LogP contribution in [-0.4, -0.2) is 30.0 Å². The maximum absolute atomic E-state index is 13.0. The first-order chi connectivity index (χ1) is 13.1. The number of carbonyl (C=O) groups excluding carboxylic acids is 1. The lowest BCUT2D eigenvalue weighted by atomic mass is 9.87. The molecule has 2 atom stereocenters. The molecule has 0 saturated heterocycles. The molecule has 0 unspecified atom stereocenters. The third kappa shape index (κ3) is 4.46. The number of hydrogen-bond donors (Lipinski definition) is 0. The minimum absolute atomic E-state index is 0.130. The number of halogens is 1. The zero-order valence-electron chi connectivity index (χ0n) is 15.1. The summed E-state index contributed by atoms with van der Waals surface area (Å²) in [5, 5.41) is 0. The molecule has 27 heavy (non-hydrogen) atoms. The summed E-state index contributed by atoms with van der Waals surface area (Å²) < 4.78 is 6.74. The molecule has 2 aromatic carbocycles. The Labute approximate surface area is 168 Å². The molecule has 0 aromatic heterocycles. The first-order valence-electron chi connectivity index (χ1n) is 8.84. The molecule has 1 aliphatic heterocycles. The van der Waals surface area contributed by atoms with Gasteiger partial charge in [0.2, 0.25) is 0 Å². The normalized spacial score (nSPS) is 19.3. The van der Waals surface area contributed by atoms with Crippen LogP contribution in [0.25, 0.3) is 5.76 Å². The van der Waals surface area contributed by atoms with E-state index in [1.54, 1.807) is 12.2 Å². The van der Waals surface area contributed by atoms with Crippen LogP contribution in [0.15, 0.2) is 90.5 Å². The van der Waals surface area contributed by atoms with Crippen LogP contribution in [0.5, 0.6) is 0 Å². The van der Waals surface area contributed by atoms with Crippen molar-refractivity contribution in [3.05, 3.63) is 102 Å². The summed E-state index contributed by atoms with van der Waals surface area (Å²) >= 11 is 3.48. The Morgan fingerprint density at radius 3 is 2.22 bits per heavy atom. The molecule has 0 fully saturated rings. The summed E-state index contributed by atoms with van der Waals surface area (Å²) in [5.41, 5.74) is 1.96. The lowest BCUT2D eigenvalue weighted by Crippen LogP contribution is -2.47. The number of carbonyl (C=O) groups is 1. The number of nitrogens with zero attached hydrogens (tertiary/aromatic N) is 1. The van der Waals surface area contributed by atoms with Crippen molar-refractivity contribution in [1.29, 1.82) is 0 Å². The van der Waals surface area contributed by atoms with Gasteiger partial charge in [0.25, 0.3) is 0 Å². The van der Waals surface area contributed by atoms with Gasteiger partial charge in [0.05, 0.1) is 0 Å². The van der Waals surface area contributed by atoms with E-state index < -0.39 is 6.04 Å². The molecule has 1 heterocycles. The molecule has 0 bridgehead atoms. The summed E-state index contributed by atoms with van der Waals surface area (Å²) in [6, 6.07) is 17.3. The molecule has 2 aromatic rings. The fourth-order valence-electron chi connectivity index (χ4n) is 3.33. The van der Waals surface area contributed by atoms with Gasteiger partial charge in [-0.3, -0.25) is 4.90 Å². The van der Waals surface area contributed by atoms with E-state index in [0.29, 0.717) is 18.8 Å². The van der Waals surface area contributed by atoms with Crippen molar-refractivity contribution in [3.63, 3.8) is 0 Å². The van der Waals surface area contributed by atoms with E-state index in [0.717, 1.165) is 15.6 Å². The highest BCUT2D eigenvalue weighted by Crippen LogP contribution is 2.35. The van der Waals surface area contributed by atoms with Gasteiger partial charge >= 0.3 is 5.97 Å². The Kier molecular flexibility index (Phi) is 6.43. The van der Waals surface area contributed by atoms with Crippen molar-refractivity contribution in [3.8, 4) is 0 Å². The van der Waals surface area contributed by atoms with Gasteiger partial charge in [-0.15, -0.1) is 13.2 Å². The SMILES string of the molecule is C=CCN(CC=C)[C@H]1C(=O)OC(c2ccccc2)=C[C@@H]1c1ccc(Br)cc1. The van der Waals surface area contributed by atoms with E-state index in [2.05, 4.69) is 29.1 Å². The average molecular weight is 424 g/mol. The summed E-state index contributed by atoms with van der Waals surface area (Å²) in [7, 11) is 0. The Balaban J connectivity index is 2.07. The molecule has 0 N–H and O–H groups in total. The van der Waals surface area contributed by atoms with Crippen molar-refractivity contribution in [2.75, 3.05) is 13.1 Å². The predicted molar refractivity (Wildman–Crippen MR) is 113 cm³/mol. The highest BCUT2D eigenvalue weighted by Gasteiger charge is 2.38. The molecule has 0 amide bonds. The van der Waals surface area contributed by atoms with Gasteiger partial charge in [0.15, 0.2) is 0 Å². The Morgan fingerprint density at radius 1 is 1.00 bits per heavy atom. The van der Waals surface area contributed by atoms with E-state index >= 15 is 0 Å². The minimum Gasteiger partial charge on any atom is -0.425 e. The summed E-state index contributed by atoms with van der Waals surface area (Å²) in [5.74, 6) is 0.212. The molecule has 0 aliphatic carbocycles. The van der Waals surface area contributed by atoms with E-state index in [-0.39, 0.29) is 11.9 Å². The van der Waals surface area contributed by atoms with Gasteiger partial charge in [0, 0.05) is 29.0 Å². The number of rotatable bonds is 7. The molecule has 4 heteroatoms. The quantitative estimate of drug-likeness (QED) is 0.454. The molecule has 0 spiro atoms. The molecule has 138 valence electrons. The second-order valence-electron chi connectivity index (χ2n) is 6.37. The number of esters is 1. The Hall–Kier alpha value is -2.43.